The number of aliphatic imine (C=N–C) groups is 1. The molecule has 0 aromatic heterocycles. The van der Waals surface area contributed by atoms with Gasteiger partial charge in [0.15, 0.2) is 0 Å². The second kappa shape index (κ2) is 10.0. The van der Waals surface area contributed by atoms with Crippen LogP contribution < -0.4 is 10.1 Å². The molecule has 1 aromatic carbocycles. The monoisotopic (exact) mass is 449 g/mol. The molecule has 3 aliphatic rings. The predicted octanol–water partition coefficient (Wildman–Crippen LogP) is 3.88. The van der Waals surface area contributed by atoms with E-state index in [1.807, 2.05) is 24.3 Å². The number of ether oxygens (including phenoxy) is 1. The SMILES string of the molecule is COc1ccccc1CNC(=O)C1=CC2=NC(=S)N(CCC3=CCCCC3)C(=O)C2C=C1. The van der Waals surface area contributed by atoms with Gasteiger partial charge >= 0.3 is 0 Å². The van der Waals surface area contributed by atoms with Crippen molar-refractivity contribution in [1.29, 1.82) is 0 Å². The Kier molecular flexibility index (Phi) is 6.95. The number of fused-ring (bicyclic) bond motifs is 1. The lowest BCUT2D eigenvalue weighted by Crippen LogP contribution is -2.46. The number of carbonyl (C=O) groups excluding carboxylic acids is 2. The topological polar surface area (TPSA) is 71.0 Å². The summed E-state index contributed by atoms with van der Waals surface area (Å²) in [7, 11) is 1.60. The summed E-state index contributed by atoms with van der Waals surface area (Å²) in [4.78, 5) is 31.8. The molecule has 1 unspecified atom stereocenters. The lowest BCUT2D eigenvalue weighted by atomic mass is 9.91. The highest BCUT2D eigenvalue weighted by molar-refractivity contribution is 7.80. The molecule has 1 aliphatic heterocycles. The first-order valence-corrected chi connectivity index (χ1v) is 11.4. The molecule has 2 aliphatic carbocycles. The summed E-state index contributed by atoms with van der Waals surface area (Å²) in [5.74, 6) is -0.0822. The number of hydrogen-bond acceptors (Lipinski definition) is 4. The van der Waals surface area contributed by atoms with Crippen LogP contribution in [0.2, 0.25) is 0 Å². The maximum atomic E-state index is 13.0. The number of thiocarbonyl (C=S) groups is 1. The predicted molar refractivity (Wildman–Crippen MR) is 128 cm³/mol. The first-order valence-electron chi connectivity index (χ1n) is 11.0. The summed E-state index contributed by atoms with van der Waals surface area (Å²) in [5, 5.41) is 3.17. The molecule has 1 N–H and O–H groups in total. The molecule has 4 rings (SSSR count). The van der Waals surface area contributed by atoms with Crippen LogP contribution in [0.4, 0.5) is 0 Å². The fourth-order valence-corrected chi connectivity index (χ4v) is 4.49. The number of benzene rings is 1. The minimum Gasteiger partial charge on any atom is -0.496 e. The highest BCUT2D eigenvalue weighted by Crippen LogP contribution is 2.25. The highest BCUT2D eigenvalue weighted by atomic mass is 32.1. The summed E-state index contributed by atoms with van der Waals surface area (Å²) < 4.78 is 5.33. The summed E-state index contributed by atoms with van der Waals surface area (Å²) >= 11 is 5.42. The number of nitrogens with zero attached hydrogens (tertiary/aromatic N) is 2. The number of para-hydroxylation sites is 1. The zero-order valence-electron chi connectivity index (χ0n) is 18.2. The van der Waals surface area contributed by atoms with Crippen molar-refractivity contribution in [2.75, 3.05) is 13.7 Å². The molecule has 0 spiro atoms. The normalized spacial score (nSPS) is 20.2. The van der Waals surface area contributed by atoms with E-state index in [0.717, 1.165) is 30.6 Å². The maximum Gasteiger partial charge on any atom is 0.251 e. The van der Waals surface area contributed by atoms with Crippen molar-refractivity contribution >= 4 is 34.9 Å². The Balaban J connectivity index is 1.41. The lowest BCUT2D eigenvalue weighted by molar-refractivity contribution is -0.128. The molecule has 0 radical (unpaired) electrons. The minimum atomic E-state index is -0.493. The first-order chi connectivity index (χ1) is 15.6. The van der Waals surface area contributed by atoms with Crippen molar-refractivity contribution in [3.05, 3.63) is 65.3 Å². The molecule has 1 aromatic rings. The van der Waals surface area contributed by atoms with Gasteiger partial charge in [-0.3, -0.25) is 14.5 Å². The Hall–Kier alpha value is -3.06. The standard InChI is InChI=1S/C25H27N3O3S/c1-31-22-10-6-5-9-19(22)16-26-23(29)18-11-12-20-21(15-18)27-25(32)28(24(20)30)14-13-17-7-3-2-4-8-17/h5-7,9-12,15,20H,2-4,8,13-14,16H2,1H3,(H,26,29). The number of hydrogen-bond donors (Lipinski definition) is 1. The molecule has 32 heavy (non-hydrogen) atoms. The molecule has 1 atom stereocenters. The fraction of sp³-hybridized carbons (Fsp3) is 0.360. The molecular weight excluding hydrogens is 422 g/mol. The third kappa shape index (κ3) is 4.88. The lowest BCUT2D eigenvalue weighted by Gasteiger charge is -2.31. The van der Waals surface area contributed by atoms with E-state index in [9.17, 15) is 9.59 Å². The molecule has 0 saturated carbocycles. The Morgan fingerprint density at radius 1 is 1.31 bits per heavy atom. The van der Waals surface area contributed by atoms with Crippen LogP contribution in [0, 0.1) is 5.92 Å². The number of allylic oxidation sites excluding steroid dienone is 2. The highest BCUT2D eigenvalue weighted by Gasteiger charge is 2.35. The molecular formula is C25H27N3O3S. The number of nitrogens with one attached hydrogen (secondary N) is 1. The summed E-state index contributed by atoms with van der Waals surface area (Å²) in [6.07, 6.45) is 12.9. The third-order valence-electron chi connectivity index (χ3n) is 6.01. The van der Waals surface area contributed by atoms with Crippen LogP contribution >= 0.6 is 12.2 Å². The van der Waals surface area contributed by atoms with Crippen LogP contribution in [0.25, 0.3) is 0 Å². The van der Waals surface area contributed by atoms with Gasteiger partial charge in [-0.1, -0.05) is 42.0 Å². The summed E-state index contributed by atoms with van der Waals surface area (Å²) in [5.41, 5.74) is 3.26. The first kappa shape index (κ1) is 22.1. The molecule has 1 heterocycles. The Morgan fingerprint density at radius 2 is 2.16 bits per heavy atom. The number of methoxy groups -OCH3 is 1. The van der Waals surface area contributed by atoms with Gasteiger partial charge in [-0.25, -0.2) is 4.99 Å². The number of carbonyl (C=O) groups is 2. The number of rotatable bonds is 7. The molecule has 0 bridgehead atoms. The molecule has 0 saturated heterocycles. The Bertz CT molecular complexity index is 1050. The van der Waals surface area contributed by atoms with Crippen molar-refractivity contribution in [3.8, 4) is 5.75 Å². The van der Waals surface area contributed by atoms with E-state index in [1.165, 1.54) is 18.4 Å². The third-order valence-corrected chi connectivity index (χ3v) is 6.33. The van der Waals surface area contributed by atoms with E-state index in [1.54, 1.807) is 30.2 Å². The van der Waals surface area contributed by atoms with Crippen LogP contribution in [-0.2, 0) is 16.1 Å². The average molecular weight is 450 g/mol. The van der Waals surface area contributed by atoms with Gasteiger partial charge in [-0.15, -0.1) is 0 Å². The van der Waals surface area contributed by atoms with Gasteiger partial charge in [0.1, 0.15) is 5.75 Å². The van der Waals surface area contributed by atoms with Gasteiger partial charge < -0.3 is 10.1 Å². The van der Waals surface area contributed by atoms with Crippen LogP contribution in [0.1, 0.15) is 37.7 Å². The molecule has 7 heteroatoms. The van der Waals surface area contributed by atoms with E-state index >= 15 is 0 Å². The quantitative estimate of drug-likeness (QED) is 0.507. The maximum absolute atomic E-state index is 13.0. The second-order valence-electron chi connectivity index (χ2n) is 8.10. The molecule has 2 amide bonds. The second-order valence-corrected chi connectivity index (χ2v) is 8.46. The van der Waals surface area contributed by atoms with Crippen molar-refractivity contribution in [2.24, 2.45) is 10.9 Å². The Labute approximate surface area is 193 Å². The van der Waals surface area contributed by atoms with Crippen LogP contribution in [0.15, 0.2) is 64.7 Å². The van der Waals surface area contributed by atoms with E-state index in [-0.39, 0.29) is 16.9 Å². The van der Waals surface area contributed by atoms with Gasteiger partial charge in [-0.05, 0) is 56.5 Å². The van der Waals surface area contributed by atoms with Crippen LogP contribution in [0.5, 0.6) is 5.75 Å². The average Bonchev–Trinajstić information content (AvgIpc) is 2.82. The van der Waals surface area contributed by atoms with Gasteiger partial charge in [0.25, 0.3) is 5.91 Å². The van der Waals surface area contributed by atoms with Crippen molar-refractivity contribution in [3.63, 3.8) is 0 Å². The summed E-state index contributed by atoms with van der Waals surface area (Å²) in [6, 6.07) is 7.54. The zero-order valence-corrected chi connectivity index (χ0v) is 19.0. The number of amides is 2. The largest absolute Gasteiger partial charge is 0.496 e. The fourth-order valence-electron chi connectivity index (χ4n) is 4.20. The van der Waals surface area contributed by atoms with Gasteiger partial charge in [-0.2, -0.15) is 0 Å². The Morgan fingerprint density at radius 3 is 2.94 bits per heavy atom. The summed E-state index contributed by atoms with van der Waals surface area (Å²) in [6.45, 7) is 0.894. The zero-order chi connectivity index (χ0) is 22.5. The van der Waals surface area contributed by atoms with Crippen molar-refractivity contribution in [1.82, 2.24) is 10.2 Å². The van der Waals surface area contributed by atoms with Crippen LogP contribution in [-0.4, -0.2) is 41.2 Å². The van der Waals surface area contributed by atoms with E-state index in [0.29, 0.717) is 24.4 Å². The van der Waals surface area contributed by atoms with Crippen molar-refractivity contribution in [2.45, 2.75) is 38.6 Å². The van der Waals surface area contributed by atoms with Crippen molar-refractivity contribution < 1.29 is 14.3 Å². The van der Waals surface area contributed by atoms with Gasteiger partial charge in [0.2, 0.25) is 11.0 Å². The molecule has 166 valence electrons. The van der Waals surface area contributed by atoms with Gasteiger partial charge in [0, 0.05) is 24.2 Å². The molecule has 0 fully saturated rings. The van der Waals surface area contributed by atoms with E-state index < -0.39 is 5.92 Å². The van der Waals surface area contributed by atoms with Crippen LogP contribution in [0.3, 0.4) is 0 Å². The molecule has 6 nitrogen and oxygen atoms in total. The van der Waals surface area contributed by atoms with E-state index in [2.05, 4.69) is 16.4 Å². The minimum absolute atomic E-state index is 0.0719. The smallest absolute Gasteiger partial charge is 0.251 e. The van der Waals surface area contributed by atoms with Gasteiger partial charge in [0.05, 0.1) is 18.7 Å². The van der Waals surface area contributed by atoms with E-state index in [4.69, 9.17) is 17.0 Å².